The van der Waals surface area contributed by atoms with Gasteiger partial charge in [0, 0.05) is 19.0 Å². The van der Waals surface area contributed by atoms with Crippen molar-refractivity contribution in [3.63, 3.8) is 0 Å². The first-order valence-electron chi connectivity index (χ1n) is 11.5. The minimum atomic E-state index is -0.563. The molecule has 3 aliphatic rings. The Morgan fingerprint density at radius 1 is 1.19 bits per heavy atom. The second-order valence-corrected chi connectivity index (χ2v) is 9.22. The van der Waals surface area contributed by atoms with Crippen LogP contribution in [-0.4, -0.2) is 34.3 Å². The topological polar surface area (TPSA) is 103 Å². The monoisotopic (exact) mass is 437 g/mol. The standard InChI is InChI=1S/C23H31N7O2/c1-14-7-9-17(10-8-14)29-21-18(13-24-29)22(32)27-23(26-21)30-19(11-15(2)28-30)25-20(31)12-16-5-3-4-6-16/h7-11,16,18,21,23-24,26H,3-6,12-13H2,1-2H3,(H,25,31)(H,27,32). The fourth-order valence-electron chi connectivity index (χ4n) is 5.02. The SMILES string of the molecule is Cc1ccc(N2NCC3C(=O)NC(n4nc(C)cc4NC(=O)CC4CCCC4)NC32)cc1. The van der Waals surface area contributed by atoms with Gasteiger partial charge >= 0.3 is 0 Å². The van der Waals surface area contributed by atoms with Gasteiger partial charge in [0.2, 0.25) is 11.8 Å². The summed E-state index contributed by atoms with van der Waals surface area (Å²) in [7, 11) is 0. The van der Waals surface area contributed by atoms with Crippen LogP contribution in [0.4, 0.5) is 11.5 Å². The van der Waals surface area contributed by atoms with E-state index >= 15 is 0 Å². The van der Waals surface area contributed by atoms with Crippen LogP contribution in [0.5, 0.6) is 0 Å². The van der Waals surface area contributed by atoms with E-state index in [1.165, 1.54) is 18.4 Å². The molecule has 2 aliphatic heterocycles. The highest BCUT2D eigenvalue weighted by molar-refractivity contribution is 5.90. The highest BCUT2D eigenvalue weighted by atomic mass is 16.2. The third-order valence-electron chi connectivity index (χ3n) is 6.72. The van der Waals surface area contributed by atoms with E-state index in [2.05, 4.69) is 45.5 Å². The summed E-state index contributed by atoms with van der Waals surface area (Å²) in [6.07, 6.45) is 4.40. The molecule has 3 unspecified atom stereocenters. The Hall–Kier alpha value is -2.91. The molecule has 0 spiro atoms. The Labute approximate surface area is 187 Å². The number of nitrogens with one attached hydrogen (secondary N) is 4. The smallest absolute Gasteiger partial charge is 0.230 e. The van der Waals surface area contributed by atoms with Gasteiger partial charge in [-0.3, -0.25) is 19.9 Å². The fourth-order valence-corrected chi connectivity index (χ4v) is 5.02. The van der Waals surface area contributed by atoms with Crippen molar-refractivity contribution in [2.45, 2.75) is 58.4 Å². The van der Waals surface area contributed by atoms with E-state index in [0.29, 0.717) is 24.7 Å². The van der Waals surface area contributed by atoms with Crippen molar-refractivity contribution in [3.8, 4) is 0 Å². The summed E-state index contributed by atoms with van der Waals surface area (Å²) in [5.74, 6) is 0.784. The second-order valence-electron chi connectivity index (χ2n) is 9.22. The molecule has 3 heterocycles. The van der Waals surface area contributed by atoms with Gasteiger partial charge in [0.1, 0.15) is 12.0 Å². The minimum Gasteiger partial charge on any atom is -0.321 e. The lowest BCUT2D eigenvalue weighted by Crippen LogP contribution is -2.61. The third-order valence-corrected chi connectivity index (χ3v) is 6.72. The van der Waals surface area contributed by atoms with Crippen LogP contribution >= 0.6 is 0 Å². The number of fused-ring (bicyclic) bond motifs is 1. The number of rotatable bonds is 5. The highest BCUT2D eigenvalue weighted by Gasteiger charge is 2.45. The highest BCUT2D eigenvalue weighted by Crippen LogP contribution is 2.29. The molecule has 32 heavy (non-hydrogen) atoms. The van der Waals surface area contributed by atoms with E-state index in [4.69, 9.17) is 0 Å². The van der Waals surface area contributed by atoms with E-state index in [-0.39, 0.29) is 23.9 Å². The van der Waals surface area contributed by atoms with Crippen LogP contribution in [0, 0.1) is 25.7 Å². The first-order chi connectivity index (χ1) is 15.5. The van der Waals surface area contributed by atoms with Crippen LogP contribution in [0.3, 0.4) is 0 Å². The Bertz CT molecular complexity index is 996. The van der Waals surface area contributed by atoms with Gasteiger partial charge in [0.25, 0.3) is 0 Å². The molecule has 9 nitrogen and oxygen atoms in total. The maximum Gasteiger partial charge on any atom is 0.230 e. The molecule has 1 saturated carbocycles. The van der Waals surface area contributed by atoms with Gasteiger partial charge in [-0.2, -0.15) is 5.10 Å². The Kier molecular flexibility index (Phi) is 5.60. The summed E-state index contributed by atoms with van der Waals surface area (Å²) >= 11 is 0. The van der Waals surface area contributed by atoms with E-state index in [0.717, 1.165) is 24.2 Å². The molecule has 9 heteroatoms. The fraction of sp³-hybridized carbons (Fsp3) is 0.522. The summed E-state index contributed by atoms with van der Waals surface area (Å²) in [6.45, 7) is 4.48. The zero-order valence-electron chi connectivity index (χ0n) is 18.6. The molecule has 4 N–H and O–H groups in total. The van der Waals surface area contributed by atoms with E-state index < -0.39 is 6.29 Å². The zero-order valence-corrected chi connectivity index (χ0v) is 18.6. The van der Waals surface area contributed by atoms with Crippen molar-refractivity contribution >= 4 is 23.3 Å². The van der Waals surface area contributed by atoms with Crippen molar-refractivity contribution in [1.29, 1.82) is 0 Å². The number of aryl methyl sites for hydroxylation is 2. The average molecular weight is 438 g/mol. The van der Waals surface area contributed by atoms with Gasteiger partial charge < -0.3 is 10.6 Å². The first-order valence-corrected chi connectivity index (χ1v) is 11.5. The van der Waals surface area contributed by atoms with Crippen molar-refractivity contribution in [1.82, 2.24) is 25.8 Å². The predicted octanol–water partition coefficient (Wildman–Crippen LogP) is 2.16. The van der Waals surface area contributed by atoms with Gasteiger partial charge in [-0.25, -0.2) is 10.1 Å². The number of hydrazine groups is 1. The van der Waals surface area contributed by atoms with Gasteiger partial charge in [-0.1, -0.05) is 30.5 Å². The summed E-state index contributed by atoms with van der Waals surface area (Å²) < 4.78 is 1.67. The first kappa shape index (κ1) is 21.0. The number of anilines is 2. The number of aromatic nitrogens is 2. The molecular weight excluding hydrogens is 406 g/mol. The average Bonchev–Trinajstić information content (AvgIpc) is 3.49. The van der Waals surface area contributed by atoms with Crippen molar-refractivity contribution in [2.24, 2.45) is 11.8 Å². The minimum absolute atomic E-state index is 0.00174. The Morgan fingerprint density at radius 2 is 1.94 bits per heavy atom. The van der Waals surface area contributed by atoms with E-state index in [1.807, 2.05) is 30.1 Å². The summed E-state index contributed by atoms with van der Waals surface area (Å²) in [5, 5.41) is 16.1. The van der Waals surface area contributed by atoms with Crippen LogP contribution in [0.25, 0.3) is 0 Å². The number of carbonyl (C=O) groups excluding carboxylic acids is 2. The Balaban J connectivity index is 1.34. The summed E-state index contributed by atoms with van der Waals surface area (Å²) in [5.41, 5.74) is 6.29. The van der Waals surface area contributed by atoms with Crippen LogP contribution in [-0.2, 0) is 9.59 Å². The predicted molar refractivity (Wildman–Crippen MR) is 121 cm³/mol. The molecule has 170 valence electrons. The molecule has 1 aromatic heterocycles. The molecule has 0 radical (unpaired) electrons. The summed E-state index contributed by atoms with van der Waals surface area (Å²) in [6, 6.07) is 10.0. The maximum atomic E-state index is 12.9. The van der Waals surface area contributed by atoms with E-state index in [9.17, 15) is 9.59 Å². The van der Waals surface area contributed by atoms with Crippen LogP contribution in [0.2, 0.25) is 0 Å². The second kappa shape index (κ2) is 8.55. The van der Waals surface area contributed by atoms with Crippen molar-refractivity contribution < 1.29 is 9.59 Å². The van der Waals surface area contributed by atoms with Crippen LogP contribution < -0.4 is 26.4 Å². The molecule has 3 fully saturated rings. The molecule has 3 atom stereocenters. The zero-order chi connectivity index (χ0) is 22.2. The van der Waals surface area contributed by atoms with Gasteiger partial charge in [0.05, 0.1) is 17.3 Å². The van der Waals surface area contributed by atoms with Gasteiger partial charge in [-0.05, 0) is 44.7 Å². The summed E-state index contributed by atoms with van der Waals surface area (Å²) in [4.78, 5) is 25.6. The maximum absolute atomic E-state index is 12.9. The van der Waals surface area contributed by atoms with Crippen LogP contribution in [0.15, 0.2) is 30.3 Å². The lowest BCUT2D eigenvalue weighted by Gasteiger charge is -2.37. The number of benzene rings is 1. The van der Waals surface area contributed by atoms with Crippen molar-refractivity contribution in [3.05, 3.63) is 41.6 Å². The van der Waals surface area contributed by atoms with Crippen molar-refractivity contribution in [2.75, 3.05) is 16.9 Å². The lowest BCUT2D eigenvalue weighted by atomic mass is 10.0. The number of hydrogen-bond acceptors (Lipinski definition) is 6. The van der Waals surface area contributed by atoms with Crippen LogP contribution in [0.1, 0.15) is 49.7 Å². The molecule has 2 aromatic rings. The number of carbonyl (C=O) groups is 2. The number of nitrogens with zero attached hydrogens (tertiary/aromatic N) is 3. The molecule has 2 saturated heterocycles. The molecular formula is C23H31N7O2. The lowest BCUT2D eigenvalue weighted by molar-refractivity contribution is -0.129. The quantitative estimate of drug-likeness (QED) is 0.572. The third kappa shape index (κ3) is 4.10. The Morgan fingerprint density at radius 3 is 2.69 bits per heavy atom. The molecule has 0 bridgehead atoms. The van der Waals surface area contributed by atoms with Gasteiger partial charge in [0.15, 0.2) is 6.29 Å². The normalized spacial score (nSPS) is 25.6. The number of hydrogen-bond donors (Lipinski definition) is 4. The molecule has 1 aliphatic carbocycles. The molecule has 5 rings (SSSR count). The molecule has 2 amide bonds. The largest absolute Gasteiger partial charge is 0.321 e. The molecule has 1 aromatic carbocycles. The number of amides is 2. The van der Waals surface area contributed by atoms with Gasteiger partial charge in [-0.15, -0.1) is 0 Å². The van der Waals surface area contributed by atoms with E-state index in [1.54, 1.807) is 4.68 Å².